The molecule has 2 aromatic rings. The fourth-order valence-electron chi connectivity index (χ4n) is 2.14. The van der Waals surface area contributed by atoms with Crippen molar-refractivity contribution in [2.24, 2.45) is 0 Å². The van der Waals surface area contributed by atoms with Gasteiger partial charge in [0.15, 0.2) is 0 Å². The van der Waals surface area contributed by atoms with Crippen molar-refractivity contribution in [2.45, 2.75) is 6.54 Å². The molecule has 0 radical (unpaired) electrons. The van der Waals surface area contributed by atoms with Crippen LogP contribution in [0.5, 0.6) is 0 Å². The molecule has 24 heavy (non-hydrogen) atoms. The number of hydrogen-bond acceptors (Lipinski definition) is 2. The van der Waals surface area contributed by atoms with Gasteiger partial charge in [0.25, 0.3) is 5.91 Å². The molecule has 0 aliphatic heterocycles. The number of carbonyl (C=O) groups excluding carboxylic acids is 2. The minimum Gasteiger partial charge on any atom is -0.355 e. The number of nitrogens with zero attached hydrogens (tertiary/aromatic N) is 1. The largest absolute Gasteiger partial charge is 0.355 e. The summed E-state index contributed by atoms with van der Waals surface area (Å²) in [5.41, 5.74) is 2.33. The second-order valence-electron chi connectivity index (χ2n) is 5.32. The summed E-state index contributed by atoms with van der Waals surface area (Å²) in [6.07, 6.45) is 3.23. The normalized spacial score (nSPS) is 10.6. The minimum atomic E-state index is -0.138. The summed E-state index contributed by atoms with van der Waals surface area (Å²) in [4.78, 5) is 25.3. The van der Waals surface area contributed by atoms with Crippen molar-refractivity contribution in [3.8, 4) is 0 Å². The Morgan fingerprint density at radius 2 is 1.79 bits per heavy atom. The molecule has 0 atom stereocenters. The molecule has 0 heterocycles. The molecule has 0 saturated carbocycles. The van der Waals surface area contributed by atoms with Crippen LogP contribution in [0.2, 0.25) is 5.02 Å². The Morgan fingerprint density at radius 3 is 2.42 bits per heavy atom. The Labute approximate surface area is 146 Å². The van der Waals surface area contributed by atoms with Crippen LogP contribution in [0.25, 0.3) is 6.08 Å². The van der Waals surface area contributed by atoms with Crippen molar-refractivity contribution >= 4 is 29.5 Å². The molecule has 0 saturated heterocycles. The van der Waals surface area contributed by atoms with E-state index in [0.29, 0.717) is 17.1 Å². The van der Waals surface area contributed by atoms with E-state index >= 15 is 0 Å². The highest BCUT2D eigenvalue weighted by atomic mass is 35.5. The van der Waals surface area contributed by atoms with Crippen molar-refractivity contribution in [1.29, 1.82) is 0 Å². The number of likely N-dealkylation sites (N-methyl/N-ethyl adjacent to an activating group) is 1. The predicted octanol–water partition coefficient (Wildman–Crippen LogP) is 3.37. The Kier molecular flexibility index (Phi) is 6.15. The monoisotopic (exact) mass is 342 g/mol. The van der Waals surface area contributed by atoms with Gasteiger partial charge in [-0.2, -0.15) is 0 Å². The molecular formula is C19H19ClN2O2. The maximum absolute atomic E-state index is 12.2. The lowest BCUT2D eigenvalue weighted by Gasteiger charge is -2.16. The Hall–Kier alpha value is -2.59. The van der Waals surface area contributed by atoms with Gasteiger partial charge in [-0.05, 0) is 35.4 Å². The Bertz CT molecular complexity index is 754. The van der Waals surface area contributed by atoms with E-state index in [-0.39, 0.29) is 11.8 Å². The van der Waals surface area contributed by atoms with Gasteiger partial charge in [0, 0.05) is 37.3 Å². The molecule has 1 N–H and O–H groups in total. The third kappa shape index (κ3) is 4.70. The summed E-state index contributed by atoms with van der Waals surface area (Å²) in [5.74, 6) is -0.258. The number of carbonyl (C=O) groups is 2. The molecule has 0 aliphatic carbocycles. The number of halogens is 1. The lowest BCUT2D eigenvalue weighted by Crippen LogP contribution is -2.24. The first-order valence-electron chi connectivity index (χ1n) is 7.50. The van der Waals surface area contributed by atoms with Crippen LogP contribution < -0.4 is 5.32 Å². The van der Waals surface area contributed by atoms with Crippen LogP contribution in [0.3, 0.4) is 0 Å². The first kappa shape index (κ1) is 17.8. The molecule has 0 aromatic heterocycles. The molecule has 0 aliphatic rings. The van der Waals surface area contributed by atoms with Gasteiger partial charge in [0.2, 0.25) is 5.91 Å². The zero-order valence-electron chi connectivity index (χ0n) is 13.6. The van der Waals surface area contributed by atoms with Gasteiger partial charge in [-0.1, -0.05) is 41.9 Å². The van der Waals surface area contributed by atoms with Crippen molar-refractivity contribution in [2.75, 3.05) is 14.1 Å². The third-order valence-corrected chi connectivity index (χ3v) is 3.93. The molecule has 2 aromatic carbocycles. The maximum atomic E-state index is 12.2. The van der Waals surface area contributed by atoms with E-state index in [2.05, 4.69) is 5.32 Å². The molecular weight excluding hydrogens is 324 g/mol. The standard InChI is InChI=1S/C19H19ClN2O2/c1-21-19(24)15-10-7-14(8-11-15)9-12-18(23)22(2)13-16-5-3-4-6-17(16)20/h3-12H,13H2,1-2H3,(H,21,24)/b12-9+. The molecule has 124 valence electrons. The average molecular weight is 343 g/mol. The number of rotatable bonds is 5. The Balaban J connectivity index is 1.99. The topological polar surface area (TPSA) is 49.4 Å². The van der Waals surface area contributed by atoms with E-state index in [1.165, 1.54) is 6.08 Å². The van der Waals surface area contributed by atoms with Crippen LogP contribution in [0.1, 0.15) is 21.5 Å². The maximum Gasteiger partial charge on any atom is 0.251 e. The number of nitrogens with one attached hydrogen (secondary N) is 1. The van der Waals surface area contributed by atoms with Gasteiger partial charge in [-0.3, -0.25) is 9.59 Å². The summed E-state index contributed by atoms with van der Waals surface area (Å²) < 4.78 is 0. The van der Waals surface area contributed by atoms with E-state index in [0.717, 1.165) is 11.1 Å². The van der Waals surface area contributed by atoms with Gasteiger partial charge >= 0.3 is 0 Å². The molecule has 2 rings (SSSR count). The van der Waals surface area contributed by atoms with E-state index in [1.807, 2.05) is 18.2 Å². The molecule has 0 unspecified atom stereocenters. The average Bonchev–Trinajstić information content (AvgIpc) is 2.61. The number of hydrogen-bond donors (Lipinski definition) is 1. The molecule has 0 fully saturated rings. The van der Waals surface area contributed by atoms with Gasteiger partial charge in [-0.25, -0.2) is 0 Å². The van der Waals surface area contributed by atoms with E-state index in [9.17, 15) is 9.59 Å². The van der Waals surface area contributed by atoms with Crippen molar-refractivity contribution < 1.29 is 9.59 Å². The highest BCUT2D eigenvalue weighted by molar-refractivity contribution is 6.31. The molecule has 0 spiro atoms. The Morgan fingerprint density at radius 1 is 1.12 bits per heavy atom. The predicted molar refractivity (Wildman–Crippen MR) is 96.8 cm³/mol. The van der Waals surface area contributed by atoms with Crippen LogP contribution in [-0.4, -0.2) is 30.8 Å². The summed E-state index contributed by atoms with van der Waals surface area (Å²) in [6, 6.07) is 14.5. The summed E-state index contributed by atoms with van der Waals surface area (Å²) in [6.45, 7) is 0.443. The number of benzene rings is 2. The molecule has 2 amide bonds. The number of amides is 2. The van der Waals surface area contributed by atoms with Gasteiger partial charge in [-0.15, -0.1) is 0 Å². The summed E-state index contributed by atoms with van der Waals surface area (Å²) in [5, 5.41) is 3.21. The quantitative estimate of drug-likeness (QED) is 0.847. The third-order valence-electron chi connectivity index (χ3n) is 3.56. The van der Waals surface area contributed by atoms with Crippen LogP contribution >= 0.6 is 11.6 Å². The molecule has 5 heteroatoms. The molecule has 0 bridgehead atoms. The van der Waals surface area contributed by atoms with Crippen molar-refractivity contribution in [3.05, 3.63) is 76.3 Å². The van der Waals surface area contributed by atoms with E-state index in [1.54, 1.807) is 55.4 Å². The second-order valence-corrected chi connectivity index (χ2v) is 5.73. The van der Waals surface area contributed by atoms with E-state index in [4.69, 9.17) is 11.6 Å². The van der Waals surface area contributed by atoms with Crippen LogP contribution in [0.15, 0.2) is 54.6 Å². The van der Waals surface area contributed by atoms with Gasteiger partial charge < -0.3 is 10.2 Å². The summed E-state index contributed by atoms with van der Waals surface area (Å²) in [7, 11) is 3.31. The SMILES string of the molecule is CNC(=O)c1ccc(/C=C/C(=O)N(C)Cc2ccccc2Cl)cc1. The first-order chi connectivity index (χ1) is 11.5. The zero-order valence-corrected chi connectivity index (χ0v) is 14.4. The first-order valence-corrected chi connectivity index (χ1v) is 7.88. The molecule has 4 nitrogen and oxygen atoms in total. The second kappa shape index (κ2) is 8.31. The van der Waals surface area contributed by atoms with Gasteiger partial charge in [0.1, 0.15) is 0 Å². The van der Waals surface area contributed by atoms with Crippen LogP contribution in [-0.2, 0) is 11.3 Å². The van der Waals surface area contributed by atoms with Crippen LogP contribution in [0, 0.1) is 0 Å². The lowest BCUT2D eigenvalue weighted by molar-refractivity contribution is -0.125. The van der Waals surface area contributed by atoms with Crippen molar-refractivity contribution in [1.82, 2.24) is 10.2 Å². The summed E-state index contributed by atoms with van der Waals surface area (Å²) >= 11 is 6.11. The fourth-order valence-corrected chi connectivity index (χ4v) is 2.34. The van der Waals surface area contributed by atoms with Crippen molar-refractivity contribution in [3.63, 3.8) is 0 Å². The lowest BCUT2D eigenvalue weighted by atomic mass is 10.1. The van der Waals surface area contributed by atoms with Gasteiger partial charge in [0.05, 0.1) is 0 Å². The zero-order chi connectivity index (χ0) is 17.5. The van der Waals surface area contributed by atoms with Crippen LogP contribution in [0.4, 0.5) is 0 Å². The minimum absolute atomic E-state index is 0.120. The smallest absolute Gasteiger partial charge is 0.251 e. The highest BCUT2D eigenvalue weighted by Crippen LogP contribution is 2.16. The van der Waals surface area contributed by atoms with E-state index < -0.39 is 0 Å². The fraction of sp³-hybridized carbons (Fsp3) is 0.158. The highest BCUT2D eigenvalue weighted by Gasteiger charge is 2.08.